The van der Waals surface area contributed by atoms with Crippen molar-refractivity contribution in [2.24, 2.45) is 0 Å². The minimum absolute atomic E-state index is 0.355. The van der Waals surface area contributed by atoms with Crippen LogP contribution in [0.1, 0.15) is 70.9 Å². The van der Waals surface area contributed by atoms with Crippen molar-refractivity contribution in [1.29, 1.82) is 0 Å². The van der Waals surface area contributed by atoms with Gasteiger partial charge in [-0.2, -0.15) is 4.57 Å². The van der Waals surface area contributed by atoms with Crippen LogP contribution in [0.3, 0.4) is 0 Å². The lowest BCUT2D eigenvalue weighted by molar-refractivity contribution is -0.760. The fraction of sp³-hybridized carbons (Fsp3) is 0.688. The molecule has 0 aromatic carbocycles. The van der Waals surface area contributed by atoms with Gasteiger partial charge in [-0.3, -0.25) is 0 Å². The fourth-order valence-corrected chi connectivity index (χ4v) is 2.22. The smallest absolute Gasteiger partial charge is 0.259 e. The number of rotatable bonds is 10. The Bertz CT molecular complexity index is 286. The van der Waals surface area contributed by atoms with Crippen molar-refractivity contribution in [2.75, 3.05) is 0 Å². The SMILES string of the molecule is CCCCCCCCCCC(O)[n+]1ccccc1. The van der Waals surface area contributed by atoms with Crippen LogP contribution in [-0.2, 0) is 0 Å². The van der Waals surface area contributed by atoms with Crippen molar-refractivity contribution in [2.45, 2.75) is 70.9 Å². The Morgan fingerprint density at radius 1 is 0.833 bits per heavy atom. The molecule has 0 saturated carbocycles. The van der Waals surface area contributed by atoms with E-state index in [4.69, 9.17) is 0 Å². The van der Waals surface area contributed by atoms with Gasteiger partial charge >= 0.3 is 0 Å². The number of unbranched alkanes of at least 4 members (excludes halogenated alkanes) is 7. The molecular weight excluding hydrogens is 222 g/mol. The number of pyridine rings is 1. The van der Waals surface area contributed by atoms with Crippen LogP contribution < -0.4 is 4.57 Å². The molecule has 1 unspecified atom stereocenters. The second kappa shape index (κ2) is 10.1. The summed E-state index contributed by atoms with van der Waals surface area (Å²) in [5, 5.41) is 9.96. The summed E-state index contributed by atoms with van der Waals surface area (Å²) in [6, 6.07) is 5.88. The van der Waals surface area contributed by atoms with E-state index >= 15 is 0 Å². The molecule has 0 aliphatic rings. The largest absolute Gasteiger partial charge is 0.337 e. The highest BCUT2D eigenvalue weighted by atomic mass is 16.3. The number of aromatic nitrogens is 1. The molecule has 1 N–H and O–H groups in total. The van der Waals surface area contributed by atoms with Crippen LogP contribution in [0.15, 0.2) is 30.6 Å². The lowest BCUT2D eigenvalue weighted by Gasteiger charge is -2.05. The summed E-state index contributed by atoms with van der Waals surface area (Å²) in [4.78, 5) is 0. The van der Waals surface area contributed by atoms with Crippen LogP contribution in [-0.4, -0.2) is 5.11 Å². The van der Waals surface area contributed by atoms with Gasteiger partial charge in [0.15, 0.2) is 12.4 Å². The Kier molecular flexibility index (Phi) is 8.49. The van der Waals surface area contributed by atoms with Gasteiger partial charge in [0.25, 0.3) is 6.23 Å². The molecule has 1 atom stereocenters. The number of aliphatic hydroxyl groups excluding tert-OH is 1. The highest BCUT2D eigenvalue weighted by Gasteiger charge is 2.11. The Labute approximate surface area is 112 Å². The summed E-state index contributed by atoms with van der Waals surface area (Å²) >= 11 is 0. The first-order chi connectivity index (χ1) is 8.84. The third-order valence-corrected chi connectivity index (χ3v) is 3.40. The minimum Gasteiger partial charge on any atom is -0.337 e. The van der Waals surface area contributed by atoms with Gasteiger partial charge in [-0.15, -0.1) is 0 Å². The second-order valence-corrected chi connectivity index (χ2v) is 5.07. The summed E-state index contributed by atoms with van der Waals surface area (Å²) in [6.45, 7) is 2.25. The van der Waals surface area contributed by atoms with Gasteiger partial charge in [0.05, 0.1) is 0 Å². The van der Waals surface area contributed by atoms with E-state index in [1.807, 2.05) is 35.2 Å². The maximum atomic E-state index is 9.96. The Morgan fingerprint density at radius 3 is 2.00 bits per heavy atom. The molecule has 2 nitrogen and oxygen atoms in total. The maximum Gasteiger partial charge on any atom is 0.259 e. The van der Waals surface area contributed by atoms with Crippen molar-refractivity contribution >= 4 is 0 Å². The zero-order chi connectivity index (χ0) is 13.1. The summed E-state index contributed by atoms with van der Waals surface area (Å²) < 4.78 is 1.88. The van der Waals surface area contributed by atoms with Crippen LogP contribution in [0.25, 0.3) is 0 Å². The van der Waals surface area contributed by atoms with E-state index in [1.54, 1.807) is 0 Å². The van der Waals surface area contributed by atoms with E-state index in [2.05, 4.69) is 6.92 Å². The van der Waals surface area contributed by atoms with Gasteiger partial charge in [-0.05, 0) is 6.42 Å². The van der Waals surface area contributed by atoms with Crippen LogP contribution in [0.4, 0.5) is 0 Å². The topological polar surface area (TPSA) is 24.1 Å². The third-order valence-electron chi connectivity index (χ3n) is 3.40. The predicted octanol–water partition coefficient (Wildman–Crippen LogP) is 4.00. The molecule has 0 bridgehead atoms. The third kappa shape index (κ3) is 6.75. The molecule has 1 heterocycles. The van der Waals surface area contributed by atoms with Gasteiger partial charge in [0.2, 0.25) is 0 Å². The summed E-state index contributed by atoms with van der Waals surface area (Å²) in [6.07, 6.45) is 14.9. The van der Waals surface area contributed by atoms with E-state index in [0.29, 0.717) is 0 Å². The van der Waals surface area contributed by atoms with Gasteiger partial charge in [0.1, 0.15) is 0 Å². The lowest BCUT2D eigenvalue weighted by atomic mass is 10.1. The fourth-order valence-electron chi connectivity index (χ4n) is 2.22. The predicted molar refractivity (Wildman–Crippen MR) is 75.1 cm³/mol. The average Bonchev–Trinajstić information content (AvgIpc) is 2.42. The lowest BCUT2D eigenvalue weighted by Crippen LogP contribution is -2.38. The number of hydrogen-bond donors (Lipinski definition) is 1. The zero-order valence-corrected chi connectivity index (χ0v) is 11.7. The van der Waals surface area contributed by atoms with E-state index < -0.39 is 0 Å². The highest BCUT2D eigenvalue weighted by molar-refractivity contribution is 4.83. The Hall–Kier alpha value is -0.890. The summed E-state index contributed by atoms with van der Waals surface area (Å²) in [7, 11) is 0. The number of aliphatic hydroxyl groups is 1. The van der Waals surface area contributed by atoms with E-state index in [1.165, 1.54) is 44.9 Å². The van der Waals surface area contributed by atoms with Crippen LogP contribution in [0, 0.1) is 0 Å². The zero-order valence-electron chi connectivity index (χ0n) is 11.7. The van der Waals surface area contributed by atoms with Crippen molar-refractivity contribution in [3.8, 4) is 0 Å². The number of nitrogens with zero attached hydrogens (tertiary/aromatic N) is 1. The van der Waals surface area contributed by atoms with E-state index in [0.717, 1.165) is 12.8 Å². The van der Waals surface area contributed by atoms with Crippen LogP contribution in [0.2, 0.25) is 0 Å². The first kappa shape index (κ1) is 15.2. The van der Waals surface area contributed by atoms with E-state index in [9.17, 15) is 5.11 Å². The van der Waals surface area contributed by atoms with Crippen molar-refractivity contribution in [1.82, 2.24) is 0 Å². The molecule has 0 spiro atoms. The Balaban J connectivity index is 1.98. The normalized spacial score (nSPS) is 12.6. The molecule has 102 valence electrons. The van der Waals surface area contributed by atoms with Crippen molar-refractivity contribution in [3.05, 3.63) is 30.6 Å². The maximum absolute atomic E-state index is 9.96. The molecule has 18 heavy (non-hydrogen) atoms. The number of hydrogen-bond acceptors (Lipinski definition) is 1. The molecule has 0 amide bonds. The molecule has 0 aliphatic heterocycles. The molecule has 0 saturated heterocycles. The molecule has 2 heteroatoms. The van der Waals surface area contributed by atoms with Gasteiger partial charge in [-0.1, -0.05) is 57.9 Å². The van der Waals surface area contributed by atoms with Crippen LogP contribution in [0.5, 0.6) is 0 Å². The Morgan fingerprint density at radius 2 is 1.39 bits per heavy atom. The first-order valence-electron chi connectivity index (χ1n) is 7.48. The highest BCUT2D eigenvalue weighted by Crippen LogP contribution is 2.11. The van der Waals surface area contributed by atoms with Crippen molar-refractivity contribution in [3.63, 3.8) is 0 Å². The summed E-state index contributed by atoms with van der Waals surface area (Å²) in [5.41, 5.74) is 0. The molecular formula is C16H28NO+. The van der Waals surface area contributed by atoms with Crippen LogP contribution >= 0.6 is 0 Å². The van der Waals surface area contributed by atoms with Gasteiger partial charge < -0.3 is 5.11 Å². The average molecular weight is 250 g/mol. The molecule has 0 radical (unpaired) electrons. The van der Waals surface area contributed by atoms with Gasteiger partial charge in [-0.25, -0.2) is 0 Å². The minimum atomic E-state index is -0.355. The standard InChI is InChI=1S/C16H28NO/c1-2-3-4-5-6-7-8-10-13-16(18)17-14-11-9-12-15-17/h9,11-12,14-16,18H,2-8,10,13H2,1H3/q+1. The summed E-state index contributed by atoms with van der Waals surface area (Å²) in [5.74, 6) is 0. The molecule has 0 aliphatic carbocycles. The molecule has 1 rings (SSSR count). The van der Waals surface area contributed by atoms with E-state index in [-0.39, 0.29) is 6.23 Å². The molecule has 1 aromatic heterocycles. The monoisotopic (exact) mass is 250 g/mol. The molecule has 1 aromatic rings. The molecule has 0 fully saturated rings. The van der Waals surface area contributed by atoms with Gasteiger partial charge in [0, 0.05) is 18.6 Å². The second-order valence-electron chi connectivity index (χ2n) is 5.07. The van der Waals surface area contributed by atoms with Crippen molar-refractivity contribution < 1.29 is 9.67 Å². The quantitative estimate of drug-likeness (QED) is 0.492. The first-order valence-corrected chi connectivity index (χ1v) is 7.48.